The highest BCUT2D eigenvalue weighted by Crippen LogP contribution is 2.54. The number of hydrogen-bond acceptors (Lipinski definition) is 11. The Hall–Kier alpha value is -3.94. The van der Waals surface area contributed by atoms with Crippen molar-refractivity contribution in [2.24, 2.45) is 17.6 Å². The summed E-state index contributed by atoms with van der Waals surface area (Å²) in [7, 11) is 6.62. The number of hydrogen-bond donors (Lipinski definition) is 6. The number of fused-ring (bicyclic) bond motifs is 3. The third-order valence-corrected chi connectivity index (χ3v) is 8.77. The molecule has 7 N–H and O–H groups in total. The summed E-state index contributed by atoms with van der Waals surface area (Å²) in [4.78, 5) is 57.2. The maximum atomic E-state index is 14.0. The molecule has 13 nitrogen and oxygen atoms in total. The molecule has 2 fully saturated rings. The number of anilines is 2. The highest BCUT2D eigenvalue weighted by Gasteiger charge is 2.64. The Bertz CT molecular complexity index is 1440. The van der Waals surface area contributed by atoms with E-state index in [1.807, 2.05) is 4.90 Å². The lowest BCUT2D eigenvalue weighted by Crippen LogP contribution is -2.65. The lowest BCUT2D eigenvalue weighted by Gasteiger charge is -2.50. The van der Waals surface area contributed by atoms with Crippen LogP contribution in [-0.2, 0) is 25.6 Å². The van der Waals surface area contributed by atoms with Crippen LogP contribution in [0, 0.1) is 11.8 Å². The SMILES string of the molecule is CN(C)c1cc(NC(=O)CN2CCC2)c(O)c2c1C[C@H]1C[C@H]3[C@H](N(C)C)C(=O)C(C(N)=O)=C(O)[C@@]3(O)C(=O)C1=C2O. The predicted molar refractivity (Wildman–Crippen MR) is 148 cm³/mol. The van der Waals surface area contributed by atoms with Gasteiger partial charge in [0.05, 0.1) is 23.8 Å². The number of likely N-dealkylation sites (tertiary alicyclic amines) is 1. The minimum absolute atomic E-state index is 0.00624. The van der Waals surface area contributed by atoms with E-state index in [0.29, 0.717) is 11.3 Å². The van der Waals surface area contributed by atoms with Crippen molar-refractivity contribution in [3.63, 3.8) is 0 Å². The van der Waals surface area contributed by atoms with Crippen molar-refractivity contribution in [2.45, 2.75) is 30.9 Å². The number of amides is 2. The number of Topliss-reactive ketones (excluding diaryl/α,β-unsaturated/α-hetero) is 2. The Morgan fingerprint density at radius 1 is 1.15 bits per heavy atom. The highest BCUT2D eigenvalue weighted by atomic mass is 16.3. The van der Waals surface area contributed by atoms with E-state index in [2.05, 4.69) is 5.32 Å². The van der Waals surface area contributed by atoms with Gasteiger partial charge < -0.3 is 36.4 Å². The van der Waals surface area contributed by atoms with Gasteiger partial charge in [0.2, 0.25) is 11.7 Å². The molecular weight excluding hydrogens is 534 g/mol. The van der Waals surface area contributed by atoms with Gasteiger partial charge in [-0.2, -0.15) is 0 Å². The fraction of sp³-hybridized carbons (Fsp3) is 0.500. The van der Waals surface area contributed by atoms with Gasteiger partial charge >= 0.3 is 0 Å². The second-order valence-corrected chi connectivity index (χ2v) is 11.7. The van der Waals surface area contributed by atoms with Crippen molar-refractivity contribution in [1.82, 2.24) is 9.80 Å². The molecule has 0 bridgehead atoms. The first-order valence-corrected chi connectivity index (χ1v) is 13.4. The molecule has 2 amide bonds. The lowest BCUT2D eigenvalue weighted by molar-refractivity contribution is -0.153. The van der Waals surface area contributed by atoms with Crippen molar-refractivity contribution in [3.05, 3.63) is 34.1 Å². The van der Waals surface area contributed by atoms with E-state index in [4.69, 9.17) is 5.73 Å². The number of aliphatic hydroxyl groups excluding tert-OH is 2. The first kappa shape index (κ1) is 28.6. The molecule has 3 aliphatic carbocycles. The highest BCUT2D eigenvalue weighted by molar-refractivity contribution is 6.24. The average Bonchev–Trinajstić information content (AvgIpc) is 2.84. The van der Waals surface area contributed by atoms with Crippen LogP contribution < -0.4 is 16.0 Å². The minimum atomic E-state index is -2.71. The zero-order valence-corrected chi connectivity index (χ0v) is 23.4. The Balaban J connectivity index is 1.66. The molecular formula is C28H35N5O8. The van der Waals surface area contributed by atoms with Gasteiger partial charge in [-0.3, -0.25) is 29.0 Å². The quantitative estimate of drug-likeness (QED) is 0.194. The molecule has 4 aliphatic rings. The Labute approximate surface area is 236 Å². The number of carbonyl (C=O) groups excluding carboxylic acids is 4. The zero-order valence-electron chi connectivity index (χ0n) is 23.4. The monoisotopic (exact) mass is 569 g/mol. The molecule has 1 saturated heterocycles. The van der Waals surface area contributed by atoms with Crippen molar-refractivity contribution in [1.29, 1.82) is 0 Å². The number of benzene rings is 1. The van der Waals surface area contributed by atoms with E-state index in [9.17, 15) is 39.6 Å². The van der Waals surface area contributed by atoms with Gasteiger partial charge in [0.1, 0.15) is 22.8 Å². The van der Waals surface area contributed by atoms with Crippen LogP contribution in [0.4, 0.5) is 11.4 Å². The molecule has 5 rings (SSSR count). The van der Waals surface area contributed by atoms with Crippen LogP contribution in [0.5, 0.6) is 5.75 Å². The number of nitrogens with zero attached hydrogens (tertiary/aromatic N) is 3. The largest absolute Gasteiger partial charge is 0.508 e. The fourth-order valence-corrected chi connectivity index (χ4v) is 6.72. The number of aromatic hydroxyl groups is 1. The maximum absolute atomic E-state index is 14.0. The number of ketones is 2. The third kappa shape index (κ3) is 4.18. The summed E-state index contributed by atoms with van der Waals surface area (Å²) >= 11 is 0. The normalized spacial score (nSPS) is 27.7. The Kier molecular flexibility index (Phi) is 6.87. The second kappa shape index (κ2) is 9.86. The molecule has 13 heteroatoms. The predicted octanol–water partition coefficient (Wildman–Crippen LogP) is -0.326. The van der Waals surface area contributed by atoms with Crippen LogP contribution in [0.2, 0.25) is 0 Å². The minimum Gasteiger partial charge on any atom is -0.508 e. The molecule has 1 aromatic carbocycles. The number of phenols is 1. The zero-order chi connectivity index (χ0) is 30.1. The standard InChI is InChI=1S/C28H35N5O8/c1-31(2)16-10-15(30-17(34)11-33-6-5-7-33)22(35)19-13(16)8-12-9-14-21(32(3)4)24(37)20(27(29)40)26(39)28(14,41)25(38)18(12)23(19)36/h10,12,14,21,35-36,39,41H,5-9,11H2,1-4H3,(H2,29,40)(H,30,34)/t12-,14-,21-,28-/m0/s1. The molecule has 1 aromatic rings. The Morgan fingerprint density at radius 3 is 2.34 bits per heavy atom. The van der Waals surface area contributed by atoms with Crippen LogP contribution in [0.1, 0.15) is 24.0 Å². The van der Waals surface area contributed by atoms with Gasteiger partial charge in [0, 0.05) is 31.3 Å². The maximum Gasteiger partial charge on any atom is 0.255 e. The van der Waals surface area contributed by atoms with E-state index in [0.717, 1.165) is 19.5 Å². The summed E-state index contributed by atoms with van der Waals surface area (Å²) in [5, 5.41) is 48.2. The molecule has 1 aliphatic heterocycles. The van der Waals surface area contributed by atoms with Gasteiger partial charge in [0.15, 0.2) is 11.4 Å². The smallest absolute Gasteiger partial charge is 0.255 e. The van der Waals surface area contributed by atoms with Crippen LogP contribution >= 0.6 is 0 Å². The molecule has 220 valence electrons. The van der Waals surface area contributed by atoms with E-state index in [1.54, 1.807) is 39.2 Å². The summed E-state index contributed by atoms with van der Waals surface area (Å²) < 4.78 is 0. The number of nitrogens with two attached hydrogens (primary N) is 1. The molecule has 0 aromatic heterocycles. The first-order valence-electron chi connectivity index (χ1n) is 13.4. The van der Waals surface area contributed by atoms with E-state index in [1.165, 1.54) is 4.90 Å². The van der Waals surface area contributed by atoms with Crippen molar-refractivity contribution in [3.8, 4) is 5.75 Å². The molecule has 1 saturated carbocycles. The van der Waals surface area contributed by atoms with Gasteiger partial charge in [0.25, 0.3) is 5.91 Å². The summed E-state index contributed by atoms with van der Waals surface area (Å²) in [5.41, 5.74) is 2.60. The lowest BCUT2D eigenvalue weighted by atomic mass is 9.57. The van der Waals surface area contributed by atoms with Crippen LogP contribution in [0.3, 0.4) is 0 Å². The summed E-state index contributed by atoms with van der Waals surface area (Å²) in [6, 6.07) is 0.445. The third-order valence-electron chi connectivity index (χ3n) is 8.77. The van der Waals surface area contributed by atoms with Crippen molar-refractivity contribution < 1.29 is 39.6 Å². The second-order valence-electron chi connectivity index (χ2n) is 11.7. The summed E-state index contributed by atoms with van der Waals surface area (Å²) in [6.07, 6.45) is 1.15. The molecule has 41 heavy (non-hydrogen) atoms. The number of carbonyl (C=O) groups is 4. The first-order chi connectivity index (χ1) is 19.2. The van der Waals surface area contributed by atoms with Crippen molar-refractivity contribution >= 4 is 40.5 Å². The topological polar surface area (TPSA) is 197 Å². The number of primary amides is 1. The number of rotatable bonds is 6. The van der Waals surface area contributed by atoms with E-state index in [-0.39, 0.29) is 42.1 Å². The molecule has 1 heterocycles. The van der Waals surface area contributed by atoms with Crippen LogP contribution in [-0.4, -0.2) is 113 Å². The average molecular weight is 570 g/mol. The van der Waals surface area contributed by atoms with Gasteiger partial charge in [-0.15, -0.1) is 0 Å². The molecule has 0 radical (unpaired) electrons. The molecule has 4 atom stereocenters. The number of phenolic OH excluding ortho intramolecular Hbond substituents is 1. The fourth-order valence-electron chi connectivity index (χ4n) is 6.72. The summed E-state index contributed by atoms with van der Waals surface area (Å²) in [5.74, 6) is -7.58. The van der Waals surface area contributed by atoms with Crippen LogP contribution in [0.25, 0.3) is 5.76 Å². The molecule has 0 spiro atoms. The van der Waals surface area contributed by atoms with Crippen molar-refractivity contribution in [2.75, 3.05) is 58.0 Å². The van der Waals surface area contributed by atoms with Gasteiger partial charge in [-0.25, -0.2) is 0 Å². The number of nitrogens with one attached hydrogen (secondary N) is 1. The van der Waals surface area contributed by atoms with E-state index >= 15 is 0 Å². The summed E-state index contributed by atoms with van der Waals surface area (Å²) in [6.45, 7) is 1.73. The van der Waals surface area contributed by atoms with Gasteiger partial charge in [-0.05, 0) is 64.0 Å². The van der Waals surface area contributed by atoms with E-state index < -0.39 is 63.8 Å². The number of likely N-dealkylation sites (N-methyl/N-ethyl adjacent to an activating group) is 1. The van der Waals surface area contributed by atoms with Gasteiger partial charge in [-0.1, -0.05) is 0 Å². The Morgan fingerprint density at radius 2 is 1.80 bits per heavy atom. The number of aliphatic hydroxyl groups is 3. The molecule has 0 unspecified atom stereocenters. The van der Waals surface area contributed by atoms with Crippen LogP contribution in [0.15, 0.2) is 23.0 Å².